The number of benzene rings is 2. The first-order valence-electron chi connectivity index (χ1n) is 15.0. The number of likely N-dealkylation sites (tertiary alicyclic amines) is 1. The number of ether oxygens (including phenoxy) is 3. The number of aromatic nitrogens is 3. The lowest BCUT2D eigenvalue weighted by molar-refractivity contribution is -0.0592. The molecule has 0 unspecified atom stereocenters. The van der Waals surface area contributed by atoms with E-state index < -0.39 is 5.82 Å². The topological polar surface area (TPSA) is 106 Å². The SMILES string of the molecule is COC(=O)c1ccc2nc(CN3CC[C@@H]4C[C@H]3CN4c3cccc(OCc4ccc(C#N)cc4F)n3)n(C[C@@H]3CCO3)c2c1. The summed E-state index contributed by atoms with van der Waals surface area (Å²) >= 11 is 0. The van der Waals surface area contributed by atoms with Crippen molar-refractivity contribution in [2.75, 3.05) is 31.7 Å². The lowest BCUT2D eigenvalue weighted by Gasteiger charge is -2.33. The van der Waals surface area contributed by atoms with Gasteiger partial charge >= 0.3 is 5.97 Å². The molecule has 3 saturated heterocycles. The van der Waals surface area contributed by atoms with Crippen molar-refractivity contribution in [2.24, 2.45) is 0 Å². The second kappa shape index (κ2) is 11.9. The Kier molecular flexibility index (Phi) is 7.62. The second-order valence-electron chi connectivity index (χ2n) is 11.6. The van der Waals surface area contributed by atoms with Gasteiger partial charge in [-0.05, 0) is 55.7 Å². The molecule has 5 heterocycles. The zero-order chi connectivity index (χ0) is 30.2. The van der Waals surface area contributed by atoms with Gasteiger partial charge in [0.1, 0.15) is 24.1 Å². The molecule has 0 saturated carbocycles. The van der Waals surface area contributed by atoms with Crippen LogP contribution in [0.25, 0.3) is 11.0 Å². The van der Waals surface area contributed by atoms with E-state index >= 15 is 0 Å². The van der Waals surface area contributed by atoms with Crippen LogP contribution >= 0.6 is 0 Å². The zero-order valence-corrected chi connectivity index (χ0v) is 24.5. The van der Waals surface area contributed by atoms with Crippen molar-refractivity contribution in [1.29, 1.82) is 5.26 Å². The normalized spacial score (nSPS) is 21.2. The smallest absolute Gasteiger partial charge is 0.337 e. The van der Waals surface area contributed by atoms with Crippen LogP contribution in [0.2, 0.25) is 0 Å². The monoisotopic (exact) mass is 596 g/mol. The number of methoxy groups -OCH3 is 1. The van der Waals surface area contributed by atoms with Gasteiger partial charge in [-0.25, -0.2) is 14.2 Å². The number of nitrogens with zero attached hydrogens (tertiary/aromatic N) is 6. The molecular weight excluding hydrogens is 563 g/mol. The fourth-order valence-corrected chi connectivity index (χ4v) is 6.50. The number of piperidine rings is 1. The standard InChI is InChI=1S/C33H33FN6O4/c1-42-33(41)22-7-8-28-29(14-22)40(18-26-10-12-43-26)31(36-28)19-38-11-9-24-15-25(38)17-39(24)30-3-2-4-32(37-30)44-20-23-6-5-21(16-35)13-27(23)34/h2-8,13-14,24-26H,9-12,15,17-20H2,1H3/t24-,25+,26+/m1/s1. The molecule has 2 aromatic heterocycles. The second-order valence-corrected chi connectivity index (χ2v) is 11.6. The van der Waals surface area contributed by atoms with Gasteiger partial charge in [-0.3, -0.25) is 4.90 Å². The van der Waals surface area contributed by atoms with Gasteiger partial charge in [-0.2, -0.15) is 10.2 Å². The highest BCUT2D eigenvalue weighted by molar-refractivity contribution is 5.93. The average molecular weight is 597 g/mol. The number of fused-ring (bicyclic) bond motifs is 3. The summed E-state index contributed by atoms with van der Waals surface area (Å²) < 4.78 is 33.1. The summed E-state index contributed by atoms with van der Waals surface area (Å²) in [5, 5.41) is 8.98. The Balaban J connectivity index is 1.06. The van der Waals surface area contributed by atoms with Gasteiger partial charge in [-0.1, -0.05) is 12.1 Å². The van der Waals surface area contributed by atoms with Gasteiger partial charge < -0.3 is 23.7 Å². The van der Waals surface area contributed by atoms with Gasteiger partial charge in [-0.15, -0.1) is 0 Å². The van der Waals surface area contributed by atoms with E-state index in [1.165, 1.54) is 13.2 Å². The molecule has 7 rings (SSSR count). The van der Waals surface area contributed by atoms with Crippen LogP contribution in [0.4, 0.5) is 10.2 Å². The Morgan fingerprint density at radius 3 is 2.80 bits per heavy atom. The third-order valence-electron chi connectivity index (χ3n) is 8.99. The maximum atomic E-state index is 14.3. The number of hydrogen-bond acceptors (Lipinski definition) is 9. The van der Waals surface area contributed by atoms with E-state index in [2.05, 4.69) is 14.4 Å². The summed E-state index contributed by atoms with van der Waals surface area (Å²) in [6.07, 6.45) is 3.19. The van der Waals surface area contributed by atoms with Crippen molar-refractivity contribution >= 4 is 22.8 Å². The first-order chi connectivity index (χ1) is 21.5. The van der Waals surface area contributed by atoms with E-state index in [0.717, 1.165) is 61.6 Å². The molecule has 44 heavy (non-hydrogen) atoms. The maximum absolute atomic E-state index is 14.3. The van der Waals surface area contributed by atoms with Gasteiger partial charge in [0.2, 0.25) is 5.88 Å². The fourth-order valence-electron chi connectivity index (χ4n) is 6.50. The number of imidazole rings is 1. The summed E-state index contributed by atoms with van der Waals surface area (Å²) in [6, 6.07) is 18.2. The molecule has 0 aliphatic carbocycles. The third-order valence-corrected chi connectivity index (χ3v) is 8.99. The minimum atomic E-state index is -0.466. The summed E-state index contributed by atoms with van der Waals surface area (Å²) in [5.74, 6) is 1.42. The highest BCUT2D eigenvalue weighted by atomic mass is 19.1. The number of carbonyl (C=O) groups excluding carboxylic acids is 1. The number of pyridine rings is 1. The number of carbonyl (C=O) groups is 1. The van der Waals surface area contributed by atoms with Crippen LogP contribution in [0.15, 0.2) is 54.6 Å². The predicted molar refractivity (Wildman–Crippen MR) is 160 cm³/mol. The lowest BCUT2D eigenvalue weighted by Crippen LogP contribution is -2.41. The van der Waals surface area contributed by atoms with Gasteiger partial charge in [0.15, 0.2) is 0 Å². The van der Waals surface area contributed by atoms with Crippen LogP contribution in [0.1, 0.15) is 46.6 Å². The highest BCUT2D eigenvalue weighted by Crippen LogP contribution is 2.35. The first-order valence-corrected chi connectivity index (χ1v) is 15.0. The molecule has 2 bridgehead atoms. The molecule has 3 aliphatic heterocycles. The van der Waals surface area contributed by atoms with Crippen molar-refractivity contribution in [2.45, 2.75) is 57.1 Å². The Morgan fingerprint density at radius 2 is 2.02 bits per heavy atom. The summed E-state index contributed by atoms with van der Waals surface area (Å²) in [5.41, 5.74) is 2.94. The molecule has 11 heteroatoms. The molecular formula is C33H33FN6O4. The molecule has 0 radical (unpaired) electrons. The molecule has 4 aromatic rings. The molecule has 3 fully saturated rings. The van der Waals surface area contributed by atoms with Gasteiger partial charge in [0, 0.05) is 43.4 Å². The molecule has 2 aromatic carbocycles. The van der Waals surface area contributed by atoms with E-state index in [4.69, 9.17) is 29.4 Å². The Labute approximate surface area is 254 Å². The van der Waals surface area contributed by atoms with Crippen molar-refractivity contribution in [3.8, 4) is 11.9 Å². The number of hydrogen-bond donors (Lipinski definition) is 0. The summed E-state index contributed by atoms with van der Waals surface area (Å²) in [7, 11) is 1.39. The predicted octanol–water partition coefficient (Wildman–Crippen LogP) is 4.45. The van der Waals surface area contributed by atoms with E-state index in [0.29, 0.717) is 42.2 Å². The highest BCUT2D eigenvalue weighted by Gasteiger charge is 2.40. The molecule has 0 N–H and O–H groups in total. The van der Waals surface area contributed by atoms with Crippen LogP contribution in [0, 0.1) is 17.1 Å². The van der Waals surface area contributed by atoms with Gasteiger partial charge in [0.25, 0.3) is 0 Å². The third kappa shape index (κ3) is 5.47. The number of nitriles is 1. The Bertz CT molecular complexity index is 1750. The molecule has 3 atom stereocenters. The van der Waals surface area contributed by atoms with Crippen LogP contribution in [0.5, 0.6) is 5.88 Å². The fraction of sp³-hybridized carbons (Fsp3) is 0.394. The maximum Gasteiger partial charge on any atom is 0.337 e. The van der Waals surface area contributed by atoms with Crippen LogP contribution < -0.4 is 9.64 Å². The van der Waals surface area contributed by atoms with E-state index in [1.807, 2.05) is 30.3 Å². The zero-order valence-electron chi connectivity index (χ0n) is 24.5. The molecule has 226 valence electrons. The molecule has 10 nitrogen and oxygen atoms in total. The van der Waals surface area contributed by atoms with E-state index in [1.54, 1.807) is 24.3 Å². The minimum Gasteiger partial charge on any atom is -0.473 e. The van der Waals surface area contributed by atoms with Crippen LogP contribution in [0.3, 0.4) is 0 Å². The minimum absolute atomic E-state index is 0.0296. The van der Waals surface area contributed by atoms with Crippen molar-refractivity contribution in [3.63, 3.8) is 0 Å². The quantitative estimate of drug-likeness (QED) is 0.259. The number of esters is 1. The van der Waals surface area contributed by atoms with Gasteiger partial charge in [0.05, 0.1) is 54.5 Å². The van der Waals surface area contributed by atoms with Crippen LogP contribution in [-0.2, 0) is 29.2 Å². The van der Waals surface area contributed by atoms with Crippen molar-refractivity contribution < 1.29 is 23.4 Å². The molecule has 3 aliphatic rings. The number of anilines is 1. The molecule has 0 spiro atoms. The lowest BCUT2D eigenvalue weighted by atomic mass is 10.0. The molecule has 0 amide bonds. The van der Waals surface area contributed by atoms with Crippen molar-refractivity contribution in [3.05, 3.63) is 82.9 Å². The Morgan fingerprint density at radius 1 is 1.14 bits per heavy atom. The number of rotatable bonds is 9. The largest absolute Gasteiger partial charge is 0.473 e. The Hall–Kier alpha value is -4.53. The summed E-state index contributed by atoms with van der Waals surface area (Å²) in [4.78, 5) is 26.9. The first kappa shape index (κ1) is 28.3. The van der Waals surface area contributed by atoms with E-state index in [9.17, 15) is 9.18 Å². The van der Waals surface area contributed by atoms with Crippen molar-refractivity contribution in [1.82, 2.24) is 19.4 Å². The average Bonchev–Trinajstić information content (AvgIpc) is 3.55. The van der Waals surface area contributed by atoms with E-state index in [-0.39, 0.29) is 24.2 Å². The number of halogens is 1. The summed E-state index contributed by atoms with van der Waals surface area (Å²) in [6.45, 7) is 3.99. The van der Waals surface area contributed by atoms with Crippen LogP contribution in [-0.4, -0.2) is 70.4 Å².